The van der Waals surface area contributed by atoms with E-state index in [9.17, 15) is 9.59 Å². The molecule has 2 amide bonds. The molecule has 1 aromatic carbocycles. The molecule has 2 aliphatic rings. The molecule has 0 N–H and O–H groups in total. The molecule has 1 heterocycles. The average molecular weight is 344 g/mol. The van der Waals surface area contributed by atoms with E-state index in [1.165, 1.54) is 19.3 Å². The molecule has 5 nitrogen and oxygen atoms in total. The Morgan fingerprint density at radius 1 is 0.960 bits per heavy atom. The number of nitrogens with zero attached hydrogens (tertiary/aromatic N) is 2. The molecule has 2 fully saturated rings. The summed E-state index contributed by atoms with van der Waals surface area (Å²) >= 11 is 0. The molecule has 1 aromatic rings. The van der Waals surface area contributed by atoms with Gasteiger partial charge in [0.15, 0.2) is 0 Å². The highest BCUT2D eigenvalue weighted by Gasteiger charge is 2.29. The second kappa shape index (κ2) is 8.37. The molecule has 0 unspecified atom stereocenters. The van der Waals surface area contributed by atoms with E-state index in [4.69, 9.17) is 4.74 Å². The molecule has 1 saturated heterocycles. The van der Waals surface area contributed by atoms with Crippen molar-refractivity contribution in [2.75, 3.05) is 32.8 Å². The van der Waals surface area contributed by atoms with Crippen LogP contribution in [-0.4, -0.2) is 54.4 Å². The fraction of sp³-hybridized carbons (Fsp3) is 0.600. The summed E-state index contributed by atoms with van der Waals surface area (Å²) in [6.45, 7) is 5.09. The quantitative estimate of drug-likeness (QED) is 0.844. The minimum atomic E-state index is 0.0350. The molecule has 1 aliphatic carbocycles. The van der Waals surface area contributed by atoms with Gasteiger partial charge in [-0.05, 0) is 44.0 Å². The molecule has 1 saturated carbocycles. The van der Waals surface area contributed by atoms with Crippen LogP contribution >= 0.6 is 0 Å². The van der Waals surface area contributed by atoms with Gasteiger partial charge in [-0.15, -0.1) is 0 Å². The Labute approximate surface area is 149 Å². The number of benzene rings is 1. The number of ether oxygens (including phenoxy) is 1. The van der Waals surface area contributed by atoms with Crippen LogP contribution in [0.15, 0.2) is 24.3 Å². The zero-order chi connectivity index (χ0) is 17.6. The van der Waals surface area contributed by atoms with Gasteiger partial charge >= 0.3 is 0 Å². The first-order valence-corrected chi connectivity index (χ1v) is 9.50. The van der Waals surface area contributed by atoms with Crippen molar-refractivity contribution in [3.63, 3.8) is 0 Å². The van der Waals surface area contributed by atoms with E-state index in [0.29, 0.717) is 44.3 Å². The number of hydrogen-bond donors (Lipinski definition) is 0. The van der Waals surface area contributed by atoms with Crippen molar-refractivity contribution in [3.05, 3.63) is 29.8 Å². The Morgan fingerprint density at radius 3 is 2.16 bits per heavy atom. The summed E-state index contributed by atoms with van der Waals surface area (Å²) in [5.41, 5.74) is 0.676. The highest BCUT2D eigenvalue weighted by atomic mass is 16.5. The zero-order valence-corrected chi connectivity index (χ0v) is 15.1. The van der Waals surface area contributed by atoms with Gasteiger partial charge in [-0.25, -0.2) is 0 Å². The summed E-state index contributed by atoms with van der Waals surface area (Å²) < 4.78 is 5.42. The third-order valence-electron chi connectivity index (χ3n) is 5.25. The van der Waals surface area contributed by atoms with Gasteiger partial charge in [-0.1, -0.05) is 19.3 Å². The summed E-state index contributed by atoms with van der Waals surface area (Å²) in [6, 6.07) is 7.29. The van der Waals surface area contributed by atoms with Gasteiger partial charge in [0.2, 0.25) is 5.91 Å². The first-order chi connectivity index (χ1) is 12.2. The van der Waals surface area contributed by atoms with E-state index in [1.54, 1.807) is 0 Å². The maximum absolute atomic E-state index is 12.6. The number of carbonyl (C=O) groups is 2. The molecule has 1 aliphatic heterocycles. The smallest absolute Gasteiger partial charge is 0.253 e. The third-order valence-corrected chi connectivity index (χ3v) is 5.25. The van der Waals surface area contributed by atoms with E-state index in [-0.39, 0.29) is 11.8 Å². The molecule has 0 radical (unpaired) electrons. The van der Waals surface area contributed by atoms with Crippen molar-refractivity contribution in [1.82, 2.24) is 9.80 Å². The van der Waals surface area contributed by atoms with Crippen molar-refractivity contribution in [1.29, 1.82) is 0 Å². The Bertz CT molecular complexity index is 585. The van der Waals surface area contributed by atoms with E-state index < -0.39 is 0 Å². The molecule has 0 atom stereocenters. The van der Waals surface area contributed by atoms with E-state index >= 15 is 0 Å². The summed E-state index contributed by atoms with van der Waals surface area (Å²) in [7, 11) is 0. The Kier molecular flexibility index (Phi) is 5.95. The lowest BCUT2D eigenvalue weighted by Crippen LogP contribution is -2.52. The van der Waals surface area contributed by atoms with Gasteiger partial charge in [0, 0.05) is 37.7 Å². The second-order valence-corrected chi connectivity index (χ2v) is 6.91. The fourth-order valence-electron chi connectivity index (χ4n) is 3.78. The molecule has 0 spiro atoms. The van der Waals surface area contributed by atoms with E-state index in [1.807, 2.05) is 41.0 Å². The second-order valence-electron chi connectivity index (χ2n) is 6.91. The minimum absolute atomic E-state index is 0.0350. The SMILES string of the molecule is CCOc1ccc(C(=O)N2CCN(C(=O)C3CCCCC3)CC2)cc1. The van der Waals surface area contributed by atoms with Crippen LogP contribution < -0.4 is 4.74 Å². The van der Waals surface area contributed by atoms with Gasteiger partial charge in [-0.2, -0.15) is 0 Å². The summed E-state index contributed by atoms with van der Waals surface area (Å²) in [5, 5.41) is 0. The van der Waals surface area contributed by atoms with Gasteiger partial charge in [0.25, 0.3) is 5.91 Å². The first kappa shape index (κ1) is 17.8. The first-order valence-electron chi connectivity index (χ1n) is 9.50. The normalized spacial score (nSPS) is 18.9. The highest BCUT2D eigenvalue weighted by Crippen LogP contribution is 2.26. The van der Waals surface area contributed by atoms with Crippen molar-refractivity contribution >= 4 is 11.8 Å². The maximum atomic E-state index is 12.6. The van der Waals surface area contributed by atoms with Crippen LogP contribution in [0.1, 0.15) is 49.4 Å². The molecule has 5 heteroatoms. The van der Waals surface area contributed by atoms with Crippen LogP contribution in [0.2, 0.25) is 0 Å². The third kappa shape index (κ3) is 4.33. The summed E-state index contributed by atoms with van der Waals surface area (Å²) in [5.74, 6) is 1.32. The Hall–Kier alpha value is -2.04. The van der Waals surface area contributed by atoms with Gasteiger partial charge in [0.1, 0.15) is 5.75 Å². The molecular weight excluding hydrogens is 316 g/mol. The van der Waals surface area contributed by atoms with Crippen molar-refractivity contribution in [2.45, 2.75) is 39.0 Å². The predicted molar refractivity (Wildman–Crippen MR) is 96.7 cm³/mol. The number of amides is 2. The van der Waals surface area contributed by atoms with E-state index in [2.05, 4.69) is 0 Å². The molecule has 3 rings (SSSR count). The molecule has 0 bridgehead atoms. The van der Waals surface area contributed by atoms with Crippen molar-refractivity contribution in [2.24, 2.45) is 5.92 Å². The Balaban J connectivity index is 1.52. The monoisotopic (exact) mass is 344 g/mol. The number of piperazine rings is 1. The van der Waals surface area contributed by atoms with Gasteiger partial charge in [-0.3, -0.25) is 9.59 Å². The van der Waals surface area contributed by atoms with Gasteiger partial charge < -0.3 is 14.5 Å². The lowest BCUT2D eigenvalue weighted by molar-refractivity contribution is -0.138. The zero-order valence-electron chi connectivity index (χ0n) is 15.1. The lowest BCUT2D eigenvalue weighted by Gasteiger charge is -2.37. The number of hydrogen-bond acceptors (Lipinski definition) is 3. The van der Waals surface area contributed by atoms with Gasteiger partial charge in [0.05, 0.1) is 6.61 Å². The summed E-state index contributed by atoms with van der Waals surface area (Å²) in [6.07, 6.45) is 5.67. The molecule has 25 heavy (non-hydrogen) atoms. The largest absolute Gasteiger partial charge is 0.494 e. The van der Waals surface area contributed by atoms with Crippen molar-refractivity contribution < 1.29 is 14.3 Å². The number of rotatable bonds is 4. The average Bonchev–Trinajstić information content (AvgIpc) is 2.68. The van der Waals surface area contributed by atoms with E-state index in [0.717, 1.165) is 18.6 Å². The predicted octanol–water partition coefficient (Wildman–Crippen LogP) is 2.95. The topological polar surface area (TPSA) is 49.9 Å². The minimum Gasteiger partial charge on any atom is -0.494 e. The van der Waals surface area contributed by atoms with Crippen LogP contribution in [0.3, 0.4) is 0 Å². The highest BCUT2D eigenvalue weighted by molar-refractivity contribution is 5.94. The molecular formula is C20H28N2O3. The van der Waals surface area contributed by atoms with Crippen LogP contribution in [-0.2, 0) is 4.79 Å². The standard InChI is InChI=1S/C20H28N2O3/c1-2-25-18-10-8-17(9-11-18)20(24)22-14-12-21(13-15-22)19(23)16-6-4-3-5-7-16/h8-11,16H,2-7,12-15H2,1H3. The molecule has 0 aromatic heterocycles. The van der Waals surface area contributed by atoms with Crippen LogP contribution in [0.25, 0.3) is 0 Å². The van der Waals surface area contributed by atoms with Crippen LogP contribution in [0.4, 0.5) is 0 Å². The van der Waals surface area contributed by atoms with Crippen LogP contribution in [0, 0.1) is 5.92 Å². The number of carbonyl (C=O) groups excluding carboxylic acids is 2. The summed E-state index contributed by atoms with van der Waals surface area (Å²) in [4.78, 5) is 29.0. The lowest BCUT2D eigenvalue weighted by atomic mass is 9.88. The van der Waals surface area contributed by atoms with Crippen LogP contribution in [0.5, 0.6) is 5.75 Å². The Morgan fingerprint density at radius 2 is 1.56 bits per heavy atom. The maximum Gasteiger partial charge on any atom is 0.253 e. The fourth-order valence-corrected chi connectivity index (χ4v) is 3.78. The molecule has 136 valence electrons. The van der Waals surface area contributed by atoms with Crippen molar-refractivity contribution in [3.8, 4) is 5.75 Å².